The van der Waals surface area contributed by atoms with E-state index < -0.39 is 0 Å². The third kappa shape index (κ3) is 2.78. The Labute approximate surface area is 149 Å². The van der Waals surface area contributed by atoms with Crippen LogP contribution >= 0.6 is 11.8 Å². The highest BCUT2D eigenvalue weighted by atomic mass is 32.2. The van der Waals surface area contributed by atoms with Crippen LogP contribution in [0, 0.1) is 0 Å². The highest BCUT2D eigenvalue weighted by Crippen LogP contribution is 2.37. The van der Waals surface area contributed by atoms with Gasteiger partial charge in [0.15, 0.2) is 5.82 Å². The average Bonchev–Trinajstić information content (AvgIpc) is 3.04. The second kappa shape index (κ2) is 6.15. The Morgan fingerprint density at radius 3 is 2.56 bits per heavy atom. The first-order valence-corrected chi connectivity index (χ1v) is 9.14. The van der Waals surface area contributed by atoms with Gasteiger partial charge in [0.25, 0.3) is 0 Å². The first-order valence-electron chi connectivity index (χ1n) is 8.32. The zero-order valence-corrected chi connectivity index (χ0v) is 15.0. The molecular weight excluding hydrogens is 336 g/mol. The van der Waals surface area contributed by atoms with Crippen LogP contribution in [-0.2, 0) is 17.6 Å². The Balaban J connectivity index is 1.78. The number of aromatic nitrogens is 2. The molecule has 1 aromatic carbocycles. The maximum absolute atomic E-state index is 12.0. The quantitative estimate of drug-likeness (QED) is 0.788. The molecule has 0 N–H and O–H groups in total. The van der Waals surface area contributed by atoms with E-state index in [1.807, 2.05) is 6.07 Å². The van der Waals surface area contributed by atoms with Crippen molar-refractivity contribution in [3.63, 3.8) is 0 Å². The molecule has 0 bridgehead atoms. The molecule has 128 valence electrons. The summed E-state index contributed by atoms with van der Waals surface area (Å²) in [4.78, 5) is 28.1. The fourth-order valence-electron chi connectivity index (χ4n) is 3.25. The van der Waals surface area contributed by atoms with Gasteiger partial charge < -0.3 is 0 Å². The number of aryl methyl sites for hydroxylation is 2. The van der Waals surface area contributed by atoms with Crippen molar-refractivity contribution in [2.75, 3.05) is 5.01 Å². The number of carbonyl (C=O) groups is 2. The third-order valence-corrected chi connectivity index (χ3v) is 5.61. The van der Waals surface area contributed by atoms with Crippen molar-refractivity contribution in [2.45, 2.75) is 44.6 Å². The number of hydrazone groups is 1. The van der Waals surface area contributed by atoms with E-state index in [0.717, 1.165) is 18.4 Å². The Hall–Kier alpha value is -2.41. The van der Waals surface area contributed by atoms with Gasteiger partial charge in [-0.1, -0.05) is 12.1 Å². The minimum Gasteiger partial charge on any atom is -0.274 e. The van der Waals surface area contributed by atoms with Crippen molar-refractivity contribution >= 4 is 34.4 Å². The van der Waals surface area contributed by atoms with Crippen molar-refractivity contribution in [3.8, 4) is 0 Å². The monoisotopic (exact) mass is 354 g/mol. The molecule has 2 aromatic rings. The van der Waals surface area contributed by atoms with Crippen LogP contribution < -0.4 is 5.01 Å². The summed E-state index contributed by atoms with van der Waals surface area (Å²) in [5.41, 5.74) is 3.72. The predicted molar refractivity (Wildman–Crippen MR) is 97.2 cm³/mol. The van der Waals surface area contributed by atoms with E-state index in [2.05, 4.69) is 22.2 Å². The molecule has 0 unspecified atom stereocenters. The van der Waals surface area contributed by atoms with E-state index in [-0.39, 0.29) is 11.8 Å². The molecule has 0 fully saturated rings. The van der Waals surface area contributed by atoms with E-state index in [9.17, 15) is 9.59 Å². The number of carbonyl (C=O) groups excluding carboxylic acids is 2. The zero-order chi connectivity index (χ0) is 17.6. The number of hydrogen-bond acceptors (Lipinski definition) is 5. The van der Waals surface area contributed by atoms with Gasteiger partial charge in [-0.05, 0) is 54.6 Å². The Kier molecular flexibility index (Phi) is 3.95. The molecule has 4 rings (SSSR count). The molecule has 0 spiro atoms. The molecule has 6 nitrogen and oxygen atoms in total. The maximum Gasteiger partial charge on any atom is 0.245 e. The summed E-state index contributed by atoms with van der Waals surface area (Å²) in [6.07, 6.45) is 6.09. The average molecular weight is 354 g/mol. The predicted octanol–water partition coefficient (Wildman–Crippen LogP) is 3.24. The minimum absolute atomic E-state index is 0.142. The largest absolute Gasteiger partial charge is 0.274 e. The Morgan fingerprint density at radius 2 is 1.84 bits per heavy atom. The van der Waals surface area contributed by atoms with Gasteiger partial charge in [0.1, 0.15) is 16.4 Å². The number of rotatable bonds is 1. The van der Waals surface area contributed by atoms with E-state index in [0.29, 0.717) is 15.9 Å². The molecule has 25 heavy (non-hydrogen) atoms. The molecule has 0 radical (unpaired) electrons. The number of fused-ring (bicyclic) bond motifs is 2. The molecule has 0 saturated carbocycles. The lowest BCUT2D eigenvalue weighted by molar-refractivity contribution is -0.116. The molecule has 1 amide bonds. The number of anilines is 1. The van der Waals surface area contributed by atoms with Crippen LogP contribution in [0.5, 0.6) is 0 Å². The molecule has 1 aliphatic heterocycles. The number of imidazole rings is 1. The number of hydrogen-bond donors (Lipinski definition) is 0. The summed E-state index contributed by atoms with van der Waals surface area (Å²) >= 11 is 1.38. The van der Waals surface area contributed by atoms with Crippen LogP contribution in [0.25, 0.3) is 0 Å². The van der Waals surface area contributed by atoms with Crippen molar-refractivity contribution in [1.82, 2.24) is 9.55 Å². The topological polar surface area (TPSA) is 67.6 Å². The minimum atomic E-state index is -0.231. The van der Waals surface area contributed by atoms with Gasteiger partial charge in [-0.25, -0.2) is 4.98 Å². The summed E-state index contributed by atoms with van der Waals surface area (Å²) in [6, 6.07) is 6.37. The fraction of sp³-hybridized carbons (Fsp3) is 0.333. The van der Waals surface area contributed by atoms with Crippen molar-refractivity contribution in [2.24, 2.45) is 5.10 Å². The summed E-state index contributed by atoms with van der Waals surface area (Å²) < 4.78 is 1.46. The van der Waals surface area contributed by atoms with Crippen LogP contribution in [0.4, 0.5) is 5.82 Å². The smallest absolute Gasteiger partial charge is 0.245 e. The summed E-state index contributed by atoms with van der Waals surface area (Å²) in [5, 5.41) is 7.11. The van der Waals surface area contributed by atoms with Gasteiger partial charge >= 0.3 is 0 Å². The second-order valence-corrected chi connectivity index (χ2v) is 7.27. The molecule has 0 saturated heterocycles. The molecule has 2 heterocycles. The van der Waals surface area contributed by atoms with Crippen molar-refractivity contribution in [1.29, 1.82) is 0 Å². The van der Waals surface area contributed by atoms with Crippen molar-refractivity contribution < 1.29 is 9.59 Å². The molecule has 1 aromatic heterocycles. The first-order chi connectivity index (χ1) is 12.0. The van der Waals surface area contributed by atoms with Gasteiger partial charge in [0, 0.05) is 19.4 Å². The van der Waals surface area contributed by atoms with E-state index in [1.54, 1.807) is 0 Å². The number of benzene rings is 1. The summed E-state index contributed by atoms with van der Waals surface area (Å²) in [7, 11) is 0. The molecule has 2 aliphatic rings. The van der Waals surface area contributed by atoms with Crippen molar-refractivity contribution in [3.05, 3.63) is 41.2 Å². The zero-order valence-electron chi connectivity index (χ0n) is 14.2. The maximum atomic E-state index is 12.0. The van der Waals surface area contributed by atoms with Gasteiger partial charge in [-0.3, -0.25) is 14.2 Å². The number of amides is 1. The van der Waals surface area contributed by atoms with Gasteiger partial charge in [0.2, 0.25) is 11.8 Å². The lowest BCUT2D eigenvalue weighted by Crippen LogP contribution is -2.28. The Morgan fingerprint density at radius 1 is 1.08 bits per heavy atom. The number of nitrogens with zero attached hydrogens (tertiary/aromatic N) is 4. The van der Waals surface area contributed by atoms with Crippen LogP contribution in [-0.4, -0.2) is 26.4 Å². The lowest BCUT2D eigenvalue weighted by atomic mass is 9.90. The van der Waals surface area contributed by atoms with Gasteiger partial charge in [-0.2, -0.15) is 10.1 Å². The van der Waals surface area contributed by atoms with E-state index in [1.165, 1.54) is 65.5 Å². The van der Waals surface area contributed by atoms with Crippen LogP contribution in [0.3, 0.4) is 0 Å². The highest BCUT2D eigenvalue weighted by molar-refractivity contribution is 8.14. The second-order valence-electron chi connectivity index (χ2n) is 6.29. The van der Waals surface area contributed by atoms with Crippen LogP contribution in [0.1, 0.15) is 48.2 Å². The highest BCUT2D eigenvalue weighted by Gasteiger charge is 2.29. The first kappa shape index (κ1) is 16.1. The SMILES string of the molecule is CC(=O)N1N=C(c2ccc3c(c2)CCCC3)Sc2c1ncn2C(C)=O. The molecule has 7 heteroatoms. The lowest BCUT2D eigenvalue weighted by Gasteiger charge is -2.23. The van der Waals surface area contributed by atoms with Crippen LogP contribution in [0.15, 0.2) is 34.7 Å². The third-order valence-electron chi connectivity index (χ3n) is 4.52. The number of thioether (sulfide) groups is 1. The normalized spacial score (nSPS) is 16.1. The van der Waals surface area contributed by atoms with Gasteiger partial charge in [0.05, 0.1) is 0 Å². The van der Waals surface area contributed by atoms with Gasteiger partial charge in [-0.15, -0.1) is 0 Å². The standard InChI is InChI=1S/C18H18N4O2S/c1-11(23)21-10-19-16-18(21)25-17(20-22(16)12(2)24)15-8-7-13-5-3-4-6-14(13)9-15/h7-10H,3-6H2,1-2H3. The Bertz CT molecular complexity index is 916. The van der Waals surface area contributed by atoms with E-state index >= 15 is 0 Å². The van der Waals surface area contributed by atoms with Crippen LogP contribution in [0.2, 0.25) is 0 Å². The molecular formula is C18H18N4O2S. The van der Waals surface area contributed by atoms with E-state index in [4.69, 9.17) is 0 Å². The summed E-state index contributed by atoms with van der Waals surface area (Å²) in [5.74, 6) is 0.0386. The summed E-state index contributed by atoms with van der Waals surface area (Å²) in [6.45, 7) is 2.92. The molecule has 1 aliphatic carbocycles. The molecule has 0 atom stereocenters. The fourth-order valence-corrected chi connectivity index (χ4v) is 4.30.